The van der Waals surface area contributed by atoms with Gasteiger partial charge in [-0.1, -0.05) is 44.2 Å². The summed E-state index contributed by atoms with van der Waals surface area (Å²) in [7, 11) is -2.91. The van der Waals surface area contributed by atoms with Gasteiger partial charge in [0.2, 0.25) is 16.6 Å². The number of hydrogen-bond acceptors (Lipinski definition) is 2. The van der Waals surface area contributed by atoms with Crippen LogP contribution in [0.15, 0.2) is 30.3 Å². The molecule has 0 unspecified atom stereocenters. The van der Waals surface area contributed by atoms with Crippen molar-refractivity contribution in [3.8, 4) is 0 Å². The third-order valence-corrected chi connectivity index (χ3v) is 3.34. The Hall–Kier alpha value is -0.466. The van der Waals surface area contributed by atoms with Crippen molar-refractivity contribution in [1.29, 1.82) is 0 Å². The van der Waals surface area contributed by atoms with Crippen molar-refractivity contribution in [2.45, 2.75) is 59.0 Å². The molecule has 0 saturated carbocycles. The maximum Gasteiger partial charge on any atom is 0.228 e. The number of hydrogen-bond donors (Lipinski definition) is 0. The minimum atomic E-state index is -1.45. The van der Waals surface area contributed by atoms with Crippen molar-refractivity contribution in [3.63, 3.8) is 0 Å². The van der Waals surface area contributed by atoms with Crippen molar-refractivity contribution >= 4 is 16.6 Å². The van der Waals surface area contributed by atoms with E-state index in [9.17, 15) is 0 Å². The van der Waals surface area contributed by atoms with Gasteiger partial charge in [0.25, 0.3) is 0 Å². The Kier molecular flexibility index (Phi) is 10.3. The van der Waals surface area contributed by atoms with Crippen LogP contribution in [0.2, 0.25) is 39.3 Å². The predicted octanol–water partition coefficient (Wildman–Crippen LogP) is 4.59. The van der Waals surface area contributed by atoms with E-state index in [1.807, 2.05) is 6.07 Å². The van der Waals surface area contributed by atoms with Crippen LogP contribution in [0.4, 0.5) is 0 Å². The van der Waals surface area contributed by atoms with Crippen LogP contribution in [0.5, 0.6) is 0 Å². The third-order valence-electron chi connectivity index (χ3n) is 2.01. The van der Waals surface area contributed by atoms with Gasteiger partial charge in [0, 0.05) is 0 Å². The summed E-state index contributed by atoms with van der Waals surface area (Å²) < 4.78 is 10.6. The first-order valence-corrected chi connectivity index (χ1v) is 13.7. The highest BCUT2D eigenvalue weighted by atomic mass is 28.4. The largest absolute Gasteiger partial charge is 0.412 e. The summed E-state index contributed by atoms with van der Waals surface area (Å²) in [5, 5.41) is 0. The molecule has 0 saturated heterocycles. The molecule has 2 N–H and O–H groups in total. The monoisotopic (exact) mass is 316 g/mol. The molecule has 0 aromatic heterocycles. The summed E-state index contributed by atoms with van der Waals surface area (Å²) in [5.74, 6) is 0.659. The zero-order chi connectivity index (χ0) is 15.1. The third kappa shape index (κ3) is 14.0. The molecule has 0 aliphatic rings. The Bertz CT molecular complexity index is 326. The van der Waals surface area contributed by atoms with Gasteiger partial charge in [0.05, 0.1) is 0 Å². The van der Waals surface area contributed by atoms with E-state index in [2.05, 4.69) is 77.4 Å². The van der Waals surface area contributed by atoms with Crippen LogP contribution in [0, 0.1) is 0 Å². The van der Waals surface area contributed by atoms with Crippen molar-refractivity contribution in [2.24, 2.45) is 0 Å². The minimum absolute atomic E-state index is 0. The van der Waals surface area contributed by atoms with Crippen molar-refractivity contribution < 1.29 is 14.6 Å². The Balaban J connectivity index is 0. The van der Waals surface area contributed by atoms with Gasteiger partial charge >= 0.3 is 0 Å². The normalized spacial score (nSPS) is 11.4. The summed E-state index contributed by atoms with van der Waals surface area (Å²) >= 11 is 0. The first kappa shape index (κ1) is 21.8. The molecule has 0 heterocycles. The second kappa shape index (κ2) is 9.47. The van der Waals surface area contributed by atoms with Crippen molar-refractivity contribution in [1.82, 2.24) is 0 Å². The quantitative estimate of drug-likeness (QED) is 0.463. The van der Waals surface area contributed by atoms with Gasteiger partial charge in [-0.2, -0.15) is 0 Å². The number of benzene rings is 1. The van der Waals surface area contributed by atoms with E-state index in [4.69, 9.17) is 9.15 Å². The van der Waals surface area contributed by atoms with Gasteiger partial charge < -0.3 is 5.48 Å². The minimum Gasteiger partial charge on any atom is -0.412 e. The summed E-state index contributed by atoms with van der Waals surface area (Å²) in [6.45, 7) is 17.1. The van der Waals surface area contributed by atoms with Crippen LogP contribution < -0.4 is 0 Å². The van der Waals surface area contributed by atoms with E-state index in [1.165, 1.54) is 5.56 Å². The number of rotatable bonds is 4. The molecule has 0 spiro atoms. The first-order valence-electron chi connectivity index (χ1n) is 6.93. The van der Waals surface area contributed by atoms with E-state index < -0.39 is 16.6 Å². The van der Waals surface area contributed by atoms with Gasteiger partial charge in [-0.3, -0.25) is 9.15 Å². The van der Waals surface area contributed by atoms with Crippen LogP contribution in [0.3, 0.4) is 0 Å². The molecule has 20 heavy (non-hydrogen) atoms. The second-order valence-corrected chi connectivity index (χ2v) is 15.7. The summed E-state index contributed by atoms with van der Waals surface area (Å²) in [5.41, 5.74) is 1.41. The Morgan fingerprint density at radius 2 is 1.10 bits per heavy atom. The molecule has 0 bridgehead atoms. The Morgan fingerprint density at radius 3 is 1.30 bits per heavy atom. The Morgan fingerprint density at radius 1 is 0.750 bits per heavy atom. The van der Waals surface area contributed by atoms with Gasteiger partial charge in [-0.25, -0.2) is 0 Å². The van der Waals surface area contributed by atoms with Gasteiger partial charge in [-0.05, 0) is 50.8 Å². The lowest BCUT2D eigenvalue weighted by Gasteiger charge is -2.22. The van der Waals surface area contributed by atoms with E-state index >= 15 is 0 Å². The Labute approximate surface area is 126 Å². The lowest BCUT2D eigenvalue weighted by molar-refractivity contribution is -0.122. The zero-order valence-electron chi connectivity index (χ0n) is 14.3. The summed E-state index contributed by atoms with van der Waals surface area (Å²) in [6, 6.07) is 10.5. The van der Waals surface area contributed by atoms with Gasteiger partial charge in [0.1, 0.15) is 0 Å². The van der Waals surface area contributed by atoms with Crippen LogP contribution >= 0.6 is 0 Å². The fourth-order valence-corrected chi connectivity index (χ4v) is 3.09. The molecule has 5 heteroatoms. The summed E-state index contributed by atoms with van der Waals surface area (Å²) in [4.78, 5) is 0. The van der Waals surface area contributed by atoms with E-state index in [-0.39, 0.29) is 5.48 Å². The standard InChI is InChI=1S/C9H12.C6H18O2Si2.H2O/c1-8(2)9-6-4-3-5-7-9;1-9(2,3)7-8-10(4,5)6;/h3-8H,1-2H3;1-6H3;1H2. The molecule has 1 aromatic carbocycles. The smallest absolute Gasteiger partial charge is 0.228 e. The molecule has 0 aliphatic heterocycles. The molecule has 0 fully saturated rings. The van der Waals surface area contributed by atoms with Crippen LogP contribution in [-0.2, 0) is 9.15 Å². The maximum atomic E-state index is 5.29. The highest BCUT2D eigenvalue weighted by Gasteiger charge is 2.22. The van der Waals surface area contributed by atoms with Gasteiger partial charge in [-0.15, -0.1) is 0 Å². The zero-order valence-corrected chi connectivity index (χ0v) is 16.3. The molecule has 118 valence electrons. The first-order chi connectivity index (χ1) is 8.51. The fraction of sp³-hybridized carbons (Fsp3) is 0.600. The van der Waals surface area contributed by atoms with Crippen molar-refractivity contribution in [3.05, 3.63) is 35.9 Å². The fourth-order valence-electron chi connectivity index (χ4n) is 1.09. The predicted molar refractivity (Wildman–Crippen MR) is 93.0 cm³/mol. The summed E-state index contributed by atoms with van der Waals surface area (Å²) in [6.07, 6.45) is 0. The second-order valence-electron chi connectivity index (χ2n) is 6.96. The highest BCUT2D eigenvalue weighted by Crippen LogP contribution is 2.11. The van der Waals surface area contributed by atoms with Crippen LogP contribution in [-0.4, -0.2) is 22.1 Å². The average molecular weight is 317 g/mol. The molecule has 1 aromatic rings. The molecule has 0 aliphatic carbocycles. The molecule has 3 nitrogen and oxygen atoms in total. The molecule has 0 radical (unpaired) electrons. The van der Waals surface area contributed by atoms with Gasteiger partial charge in [0.15, 0.2) is 0 Å². The van der Waals surface area contributed by atoms with Crippen LogP contribution in [0.1, 0.15) is 25.3 Å². The average Bonchev–Trinajstić information content (AvgIpc) is 2.27. The molecular weight excluding hydrogens is 284 g/mol. The molecular formula is C15H32O3Si2. The van der Waals surface area contributed by atoms with E-state index in [0.29, 0.717) is 5.92 Å². The molecule has 0 amide bonds. The van der Waals surface area contributed by atoms with E-state index in [0.717, 1.165) is 0 Å². The van der Waals surface area contributed by atoms with E-state index in [1.54, 1.807) is 0 Å². The molecule has 1 rings (SSSR count). The van der Waals surface area contributed by atoms with Crippen LogP contribution in [0.25, 0.3) is 0 Å². The lowest BCUT2D eigenvalue weighted by atomic mass is 10.0. The van der Waals surface area contributed by atoms with Crippen molar-refractivity contribution in [2.75, 3.05) is 0 Å². The SMILES string of the molecule is CC(C)c1ccccc1.C[Si](C)(C)OO[Si](C)(C)C.O. The topological polar surface area (TPSA) is 50.0 Å². The molecule has 0 atom stereocenters. The lowest BCUT2D eigenvalue weighted by Crippen LogP contribution is -2.34. The highest BCUT2D eigenvalue weighted by molar-refractivity contribution is 6.72. The maximum absolute atomic E-state index is 5.29.